The van der Waals surface area contributed by atoms with Crippen LogP contribution in [0.15, 0.2) is 78.9 Å². The van der Waals surface area contributed by atoms with E-state index in [0.29, 0.717) is 0 Å². The highest BCUT2D eigenvalue weighted by Crippen LogP contribution is 2.34. The molecular weight excluding hydrogens is 706 g/mol. The van der Waals surface area contributed by atoms with Gasteiger partial charge in [-0.25, -0.2) is 0 Å². The predicted molar refractivity (Wildman–Crippen MR) is 156 cm³/mol. The Balaban J connectivity index is 2.10. The van der Waals surface area contributed by atoms with Gasteiger partial charge in [-0.15, -0.1) is 0 Å². The van der Waals surface area contributed by atoms with Gasteiger partial charge in [0.2, 0.25) is 0 Å². The summed E-state index contributed by atoms with van der Waals surface area (Å²) in [5, 5.41) is 1.56. The number of rotatable bonds is 5. The van der Waals surface area contributed by atoms with Gasteiger partial charge in [-0.2, -0.15) is 0 Å². The second-order valence-electron chi connectivity index (χ2n) is 5.70. The van der Waals surface area contributed by atoms with Crippen LogP contribution in [-0.2, 0) is 43.1 Å². The minimum atomic E-state index is -1.54. The van der Waals surface area contributed by atoms with Crippen molar-refractivity contribution in [1.82, 2.24) is 0 Å². The molecule has 0 amide bonds. The fourth-order valence-corrected chi connectivity index (χ4v) is 11.9. The first-order chi connectivity index (χ1) is 13.9. The van der Waals surface area contributed by atoms with Crippen molar-refractivity contribution < 1.29 is 9.13 Å². The van der Waals surface area contributed by atoms with Crippen LogP contribution in [0.2, 0.25) is 0 Å². The van der Waals surface area contributed by atoms with Crippen LogP contribution in [0.25, 0.3) is 0 Å². The molecule has 3 rings (SSSR count). The summed E-state index contributed by atoms with van der Waals surface area (Å²) in [5.74, 6) is -1.90. The summed E-state index contributed by atoms with van der Waals surface area (Å²) in [7, 11) is 0. The lowest BCUT2D eigenvalue weighted by Crippen LogP contribution is -2.11. The van der Waals surface area contributed by atoms with Gasteiger partial charge in [0.05, 0.1) is 0 Å². The number of thiol groups is 2. The Hall–Kier alpha value is 0.260. The Labute approximate surface area is 207 Å². The number of benzene rings is 3. The molecule has 3 aromatic rings. The third-order valence-electron chi connectivity index (χ3n) is 3.96. The predicted octanol–water partition coefficient (Wildman–Crippen LogP) is 6.22. The summed E-state index contributed by atoms with van der Waals surface area (Å²) in [5.41, 5.74) is 2.89. The topological polar surface area (TPSA) is 37.4 Å². The molecule has 0 aliphatic carbocycles. The number of halogens is 2. The fraction of sp³-hybridized carbons (Fsp3) is 0. The molecule has 11 heteroatoms. The van der Waals surface area contributed by atoms with E-state index in [9.17, 15) is 9.13 Å². The molecule has 0 heterocycles. The molecule has 0 bridgehead atoms. The van der Waals surface area contributed by atoms with E-state index < -0.39 is 24.8 Å². The van der Waals surface area contributed by atoms with E-state index in [1.807, 2.05) is 78.9 Å². The Morgan fingerprint density at radius 1 is 0.621 bits per heavy atom. The third-order valence-corrected chi connectivity index (χ3v) is 18.8. The first-order valence-electron chi connectivity index (χ1n) is 8.14. The Bertz CT molecular complexity index is 1210. The van der Waals surface area contributed by atoms with E-state index in [1.54, 1.807) is 0 Å². The van der Waals surface area contributed by atoms with Gasteiger partial charge in [-0.3, -0.25) is 9.13 Å². The zero-order valence-electron chi connectivity index (χ0n) is 14.6. The minimum absolute atomic E-state index is 0.778. The molecule has 0 radical (unpaired) electrons. The smallest absolute Gasteiger partial charge is 0.166 e. The van der Waals surface area contributed by atoms with E-state index >= 15 is 0 Å². The molecule has 0 fully saturated rings. The Morgan fingerprint density at radius 3 is 1.31 bits per heavy atom. The van der Waals surface area contributed by atoms with Crippen molar-refractivity contribution in [2.24, 2.45) is 0 Å². The molecule has 0 aliphatic heterocycles. The van der Waals surface area contributed by atoms with Crippen LogP contribution in [0.1, 0.15) is 0 Å². The number of hydrogen-bond donors (Lipinski definition) is 2. The first kappa shape index (κ1) is 23.9. The average Bonchev–Trinajstić information content (AvgIpc) is 2.74. The SMILES string of the molecule is O=P(c1ccc(N(c2ccccc2)c2ccc(P(=O)=[SH](=S)I)cc2)cc1)=[SH](=S)I. The lowest BCUT2D eigenvalue weighted by molar-refractivity contribution is 0.601. The van der Waals surface area contributed by atoms with Crippen LogP contribution in [0.4, 0.5) is 17.1 Å². The maximum Gasteiger partial charge on any atom is 0.166 e. The summed E-state index contributed by atoms with van der Waals surface area (Å²) in [6, 6.07) is 25.4. The number of nitrogens with zero attached hydrogens (tertiary/aromatic N) is 1. The lowest BCUT2D eigenvalue weighted by Gasteiger charge is -2.25. The highest BCUT2D eigenvalue weighted by Gasteiger charge is 2.13. The molecule has 3 nitrogen and oxygen atoms in total. The van der Waals surface area contributed by atoms with Gasteiger partial charge in [0.1, 0.15) is 0 Å². The minimum Gasteiger partial charge on any atom is -0.311 e. The van der Waals surface area contributed by atoms with Crippen molar-refractivity contribution in [1.29, 1.82) is 0 Å². The van der Waals surface area contributed by atoms with Crippen LogP contribution < -0.4 is 15.5 Å². The molecular formula is C18H15I2NO2P2S4. The monoisotopic (exact) mass is 721 g/mol. The zero-order chi connectivity index (χ0) is 21.0. The summed E-state index contributed by atoms with van der Waals surface area (Å²) < 4.78 is 24.7. The van der Waals surface area contributed by atoms with Gasteiger partial charge in [-0.05, 0) is 137 Å². The second-order valence-corrected chi connectivity index (χ2v) is 31.4. The molecule has 152 valence electrons. The maximum atomic E-state index is 12.3. The van der Waals surface area contributed by atoms with E-state index in [4.69, 9.17) is 22.4 Å². The van der Waals surface area contributed by atoms with E-state index in [1.165, 1.54) is 0 Å². The molecule has 4 unspecified atom stereocenters. The van der Waals surface area contributed by atoms with Crippen LogP contribution in [-0.4, -0.2) is 0 Å². The lowest BCUT2D eigenvalue weighted by atomic mass is 10.2. The number of hydrogen-bond acceptors (Lipinski definition) is 5. The molecule has 0 N–H and O–H groups in total. The van der Waals surface area contributed by atoms with Crippen LogP contribution >= 0.6 is 55.6 Å². The standard InChI is InChI=1S/C18H15I2NO2P2S4/c19-28(26)24(22)17-10-6-15(7-11-17)21(14-4-2-1-3-5-14)16-8-12-18(13-9-16)25(23)29(20)27/h1-13,28-29H. The molecule has 0 spiro atoms. The highest BCUT2D eigenvalue weighted by atomic mass is 127. The summed E-state index contributed by atoms with van der Waals surface area (Å²) >= 11 is 14.6. The Morgan fingerprint density at radius 2 is 0.966 bits per heavy atom. The second kappa shape index (κ2) is 11.2. The maximum absolute atomic E-state index is 12.3. The van der Waals surface area contributed by atoms with Crippen molar-refractivity contribution in [2.75, 3.05) is 4.90 Å². The summed E-state index contributed by atoms with van der Waals surface area (Å²) in [6.45, 7) is -3.07. The van der Waals surface area contributed by atoms with E-state index in [2.05, 4.69) is 47.3 Å². The van der Waals surface area contributed by atoms with Gasteiger partial charge < -0.3 is 4.90 Å². The van der Waals surface area contributed by atoms with E-state index in [0.717, 1.165) is 27.7 Å². The highest BCUT2D eigenvalue weighted by molar-refractivity contribution is 14.2. The quantitative estimate of drug-likeness (QED) is 0.142. The zero-order valence-corrected chi connectivity index (χ0v) is 24.2. The molecule has 0 saturated carbocycles. The van der Waals surface area contributed by atoms with Crippen molar-refractivity contribution in [3.8, 4) is 0 Å². The number of anilines is 3. The Kier molecular flexibility index (Phi) is 9.25. The molecule has 0 aromatic heterocycles. The molecule has 0 aliphatic rings. The molecule has 0 saturated heterocycles. The normalized spacial score (nSPS) is 14.0. The van der Waals surface area contributed by atoms with Gasteiger partial charge in [-0.1, -0.05) is 18.2 Å². The van der Waals surface area contributed by atoms with Gasteiger partial charge >= 0.3 is 0 Å². The molecule has 29 heavy (non-hydrogen) atoms. The van der Waals surface area contributed by atoms with Gasteiger partial charge in [0.15, 0.2) is 13.2 Å². The molecule has 4 atom stereocenters. The van der Waals surface area contributed by atoms with Crippen molar-refractivity contribution in [3.63, 3.8) is 0 Å². The summed E-state index contributed by atoms with van der Waals surface area (Å²) in [4.78, 5) is 2.11. The van der Waals surface area contributed by atoms with Crippen LogP contribution in [0, 0.1) is 0 Å². The largest absolute Gasteiger partial charge is 0.311 e. The third kappa shape index (κ3) is 6.16. The molecule has 3 aromatic carbocycles. The summed E-state index contributed by atoms with van der Waals surface area (Å²) in [6.07, 6.45) is 0. The van der Waals surface area contributed by atoms with Crippen LogP contribution in [0.5, 0.6) is 0 Å². The number of para-hydroxylation sites is 1. The van der Waals surface area contributed by atoms with Crippen molar-refractivity contribution >= 4 is 117 Å². The van der Waals surface area contributed by atoms with Crippen LogP contribution in [0.3, 0.4) is 0 Å². The average molecular weight is 721 g/mol. The fourth-order valence-electron chi connectivity index (χ4n) is 2.66. The van der Waals surface area contributed by atoms with Gasteiger partial charge in [0, 0.05) is 27.7 Å². The van der Waals surface area contributed by atoms with Gasteiger partial charge in [0.25, 0.3) is 0 Å². The van der Waals surface area contributed by atoms with Crippen molar-refractivity contribution in [3.05, 3.63) is 78.9 Å². The first-order valence-corrected chi connectivity index (χ1v) is 22.4. The van der Waals surface area contributed by atoms with Crippen molar-refractivity contribution in [2.45, 2.75) is 0 Å². The van der Waals surface area contributed by atoms with E-state index in [-0.39, 0.29) is 0 Å².